The first-order chi connectivity index (χ1) is 9.00. The first-order valence-corrected chi connectivity index (χ1v) is 6.58. The Hall–Kier alpha value is -1.68. The Kier molecular flexibility index (Phi) is 4.00. The van der Waals surface area contributed by atoms with Crippen molar-refractivity contribution in [2.75, 3.05) is 11.9 Å². The van der Waals surface area contributed by atoms with Gasteiger partial charge in [0.15, 0.2) is 0 Å². The number of benzene rings is 2. The van der Waals surface area contributed by atoms with E-state index in [2.05, 4.69) is 15.9 Å². The minimum absolute atomic E-state index is 0.223. The molecule has 0 N–H and O–H groups in total. The number of anilines is 1. The summed E-state index contributed by atoms with van der Waals surface area (Å²) in [6, 6.07) is 11.9. The van der Waals surface area contributed by atoms with Crippen molar-refractivity contribution in [2.24, 2.45) is 0 Å². The maximum atomic E-state index is 13.9. The second kappa shape index (κ2) is 5.53. The van der Waals surface area contributed by atoms with E-state index in [1.54, 1.807) is 31.3 Å². The average Bonchev–Trinajstić information content (AvgIpc) is 2.38. The van der Waals surface area contributed by atoms with Gasteiger partial charge in [-0.3, -0.25) is 4.79 Å². The molecule has 0 aliphatic heterocycles. The molecule has 0 atom stereocenters. The van der Waals surface area contributed by atoms with Crippen LogP contribution in [0, 0.1) is 12.7 Å². The number of hydrogen-bond acceptors (Lipinski definition) is 1. The highest BCUT2D eigenvalue weighted by atomic mass is 79.9. The Morgan fingerprint density at radius 2 is 1.89 bits per heavy atom. The molecule has 0 aliphatic rings. The molecule has 98 valence electrons. The average molecular weight is 322 g/mol. The molecular weight excluding hydrogens is 309 g/mol. The molecule has 0 saturated carbocycles. The van der Waals surface area contributed by atoms with Crippen LogP contribution in [-0.4, -0.2) is 13.0 Å². The molecule has 1 amide bonds. The van der Waals surface area contributed by atoms with E-state index in [0.29, 0.717) is 10.0 Å². The molecule has 2 aromatic carbocycles. The molecule has 2 nitrogen and oxygen atoms in total. The monoisotopic (exact) mass is 321 g/mol. The molecule has 0 aromatic heterocycles. The van der Waals surface area contributed by atoms with Crippen molar-refractivity contribution in [1.82, 2.24) is 0 Å². The lowest BCUT2D eigenvalue weighted by Gasteiger charge is -2.19. The van der Waals surface area contributed by atoms with Gasteiger partial charge >= 0.3 is 0 Å². The lowest BCUT2D eigenvalue weighted by atomic mass is 10.1. The Morgan fingerprint density at radius 1 is 1.21 bits per heavy atom. The number of carbonyl (C=O) groups excluding carboxylic acids is 1. The van der Waals surface area contributed by atoms with E-state index < -0.39 is 5.82 Å². The number of amides is 1. The Morgan fingerprint density at radius 3 is 2.53 bits per heavy atom. The molecule has 0 bridgehead atoms. The van der Waals surface area contributed by atoms with E-state index >= 15 is 0 Å². The third-order valence-corrected chi connectivity index (χ3v) is 3.44. The summed E-state index contributed by atoms with van der Waals surface area (Å²) >= 11 is 3.20. The van der Waals surface area contributed by atoms with E-state index in [9.17, 15) is 9.18 Å². The van der Waals surface area contributed by atoms with E-state index in [0.717, 1.165) is 5.56 Å². The highest BCUT2D eigenvalue weighted by Gasteiger charge is 2.18. The number of carbonyl (C=O) groups is 1. The molecule has 0 unspecified atom stereocenters. The molecule has 0 spiro atoms. The van der Waals surface area contributed by atoms with Crippen molar-refractivity contribution in [3.63, 3.8) is 0 Å². The van der Waals surface area contributed by atoms with Gasteiger partial charge in [0.05, 0.1) is 5.69 Å². The fraction of sp³-hybridized carbons (Fsp3) is 0.133. The van der Waals surface area contributed by atoms with Gasteiger partial charge in [-0.25, -0.2) is 4.39 Å². The van der Waals surface area contributed by atoms with Gasteiger partial charge in [-0.1, -0.05) is 34.1 Å². The summed E-state index contributed by atoms with van der Waals surface area (Å²) in [4.78, 5) is 13.7. The van der Waals surface area contributed by atoms with Crippen LogP contribution in [0.2, 0.25) is 0 Å². The highest BCUT2D eigenvalue weighted by Crippen LogP contribution is 2.24. The topological polar surface area (TPSA) is 20.3 Å². The summed E-state index contributed by atoms with van der Waals surface area (Å²) in [5.41, 5.74) is 1.71. The summed E-state index contributed by atoms with van der Waals surface area (Å²) in [7, 11) is 1.57. The largest absolute Gasteiger partial charge is 0.309 e. The summed E-state index contributed by atoms with van der Waals surface area (Å²) < 4.78 is 14.5. The first kappa shape index (κ1) is 13.7. The maximum Gasteiger partial charge on any atom is 0.258 e. The van der Waals surface area contributed by atoms with Crippen LogP contribution in [0.3, 0.4) is 0 Å². The van der Waals surface area contributed by atoms with Gasteiger partial charge in [0, 0.05) is 17.1 Å². The molecule has 0 fully saturated rings. The molecule has 19 heavy (non-hydrogen) atoms. The van der Waals surface area contributed by atoms with Crippen LogP contribution in [-0.2, 0) is 0 Å². The zero-order chi connectivity index (χ0) is 14.0. The molecular formula is C15H13BrFNO. The summed E-state index contributed by atoms with van der Waals surface area (Å²) in [6.45, 7) is 1.86. The van der Waals surface area contributed by atoms with Gasteiger partial charge in [0.25, 0.3) is 5.91 Å². The molecule has 2 rings (SSSR count). The molecule has 0 heterocycles. The molecule has 4 heteroatoms. The van der Waals surface area contributed by atoms with Crippen molar-refractivity contribution in [3.8, 4) is 0 Å². The third kappa shape index (κ3) is 2.84. The van der Waals surface area contributed by atoms with Gasteiger partial charge in [0.2, 0.25) is 0 Å². The summed E-state index contributed by atoms with van der Waals surface area (Å²) in [5, 5.41) is 0. The summed E-state index contributed by atoms with van der Waals surface area (Å²) in [5.74, 6) is -0.655. The first-order valence-electron chi connectivity index (χ1n) is 5.79. The minimum atomic E-state index is -0.432. The summed E-state index contributed by atoms with van der Waals surface area (Å²) in [6.07, 6.45) is 0. The Labute approximate surface area is 120 Å². The minimum Gasteiger partial charge on any atom is -0.309 e. The second-order valence-corrected chi connectivity index (χ2v) is 5.19. The van der Waals surface area contributed by atoms with Crippen LogP contribution in [0.1, 0.15) is 15.9 Å². The van der Waals surface area contributed by atoms with Crippen LogP contribution in [0.4, 0.5) is 10.1 Å². The van der Waals surface area contributed by atoms with Crippen molar-refractivity contribution in [2.45, 2.75) is 6.92 Å². The van der Waals surface area contributed by atoms with E-state index in [-0.39, 0.29) is 11.6 Å². The SMILES string of the molecule is Cc1ccccc1C(=O)N(C)c1ccc(Br)cc1F. The highest BCUT2D eigenvalue weighted by molar-refractivity contribution is 9.10. The molecule has 2 aromatic rings. The van der Waals surface area contributed by atoms with Crippen LogP contribution in [0.15, 0.2) is 46.9 Å². The molecule has 0 aliphatic carbocycles. The third-order valence-electron chi connectivity index (χ3n) is 2.95. The number of aryl methyl sites for hydroxylation is 1. The smallest absolute Gasteiger partial charge is 0.258 e. The normalized spacial score (nSPS) is 10.3. The quantitative estimate of drug-likeness (QED) is 0.812. The second-order valence-electron chi connectivity index (χ2n) is 4.27. The fourth-order valence-electron chi connectivity index (χ4n) is 1.86. The number of halogens is 2. The van der Waals surface area contributed by atoms with Gasteiger partial charge in [-0.05, 0) is 36.8 Å². The lowest BCUT2D eigenvalue weighted by molar-refractivity contribution is 0.0991. The van der Waals surface area contributed by atoms with Crippen molar-refractivity contribution in [3.05, 3.63) is 63.9 Å². The maximum absolute atomic E-state index is 13.9. The van der Waals surface area contributed by atoms with Crippen LogP contribution in [0.5, 0.6) is 0 Å². The van der Waals surface area contributed by atoms with Gasteiger partial charge in [-0.15, -0.1) is 0 Å². The van der Waals surface area contributed by atoms with Gasteiger partial charge in [-0.2, -0.15) is 0 Å². The Bertz CT molecular complexity index is 627. The number of hydrogen-bond donors (Lipinski definition) is 0. The predicted octanol–water partition coefficient (Wildman–Crippen LogP) is 4.17. The van der Waals surface area contributed by atoms with Crippen molar-refractivity contribution < 1.29 is 9.18 Å². The Balaban J connectivity index is 2.37. The van der Waals surface area contributed by atoms with Crippen molar-refractivity contribution >= 4 is 27.5 Å². The van der Waals surface area contributed by atoms with Crippen LogP contribution >= 0.6 is 15.9 Å². The standard InChI is InChI=1S/C15H13BrFNO/c1-10-5-3-4-6-12(10)15(19)18(2)14-8-7-11(16)9-13(14)17/h3-9H,1-2H3. The van der Waals surface area contributed by atoms with Gasteiger partial charge < -0.3 is 4.90 Å². The van der Waals surface area contributed by atoms with E-state index in [1.165, 1.54) is 11.0 Å². The zero-order valence-corrected chi connectivity index (χ0v) is 12.2. The predicted molar refractivity (Wildman–Crippen MR) is 78.0 cm³/mol. The number of nitrogens with zero attached hydrogens (tertiary/aromatic N) is 1. The van der Waals surface area contributed by atoms with Gasteiger partial charge in [0.1, 0.15) is 5.82 Å². The van der Waals surface area contributed by atoms with Crippen LogP contribution in [0.25, 0.3) is 0 Å². The molecule has 0 saturated heterocycles. The number of rotatable bonds is 2. The van der Waals surface area contributed by atoms with E-state index in [1.807, 2.05) is 19.1 Å². The van der Waals surface area contributed by atoms with Crippen LogP contribution < -0.4 is 4.90 Å². The lowest BCUT2D eigenvalue weighted by Crippen LogP contribution is -2.27. The van der Waals surface area contributed by atoms with Crippen molar-refractivity contribution in [1.29, 1.82) is 0 Å². The van der Waals surface area contributed by atoms with E-state index in [4.69, 9.17) is 0 Å². The molecule has 0 radical (unpaired) electrons. The fourth-order valence-corrected chi connectivity index (χ4v) is 2.19. The zero-order valence-electron chi connectivity index (χ0n) is 10.7.